The van der Waals surface area contributed by atoms with Gasteiger partial charge in [-0.3, -0.25) is 4.79 Å². The largest absolute Gasteiger partial charge is 0.323 e. The van der Waals surface area contributed by atoms with Crippen LogP contribution in [-0.4, -0.2) is 4.57 Å². The topological polar surface area (TPSA) is 26.1 Å². The first-order valence-corrected chi connectivity index (χ1v) is 6.72. The van der Waals surface area contributed by atoms with E-state index in [2.05, 4.69) is 15.9 Å². The maximum atomic E-state index is 12.3. The molecule has 94 valence electrons. The molecule has 0 aliphatic carbocycles. The number of benzene rings is 1. The monoisotopic (exact) mass is 315 g/mol. The van der Waals surface area contributed by atoms with Crippen molar-refractivity contribution in [3.63, 3.8) is 0 Å². The lowest BCUT2D eigenvalue weighted by atomic mass is 10.1. The lowest BCUT2D eigenvalue weighted by Crippen LogP contribution is -2.33. The van der Waals surface area contributed by atoms with E-state index >= 15 is 0 Å². The summed E-state index contributed by atoms with van der Waals surface area (Å²) in [6, 6.07) is 13.5. The van der Waals surface area contributed by atoms with Crippen molar-refractivity contribution in [2.24, 2.45) is 7.05 Å². The average molecular weight is 316 g/mol. The van der Waals surface area contributed by atoms with Crippen LogP contribution in [0.5, 0.6) is 0 Å². The van der Waals surface area contributed by atoms with Gasteiger partial charge < -0.3 is 4.57 Å². The molecule has 0 saturated heterocycles. The average Bonchev–Trinajstić information content (AvgIpc) is 2.44. The lowest BCUT2D eigenvalue weighted by molar-refractivity contribution is -0.512. The van der Waals surface area contributed by atoms with E-state index in [1.165, 1.54) is 0 Å². The van der Waals surface area contributed by atoms with Crippen LogP contribution in [0.15, 0.2) is 64.1 Å². The summed E-state index contributed by atoms with van der Waals surface area (Å²) in [6.45, 7) is 0. The molecule has 19 heavy (non-hydrogen) atoms. The highest BCUT2D eigenvalue weighted by molar-refractivity contribution is 9.10. The molecule has 3 rings (SSSR count). The van der Waals surface area contributed by atoms with Gasteiger partial charge in [-0.05, 0) is 18.2 Å². The molecule has 0 radical (unpaired) electrons. The lowest BCUT2D eigenvalue weighted by Gasteiger charge is -2.06. The summed E-state index contributed by atoms with van der Waals surface area (Å²) in [4.78, 5) is 12.3. The minimum Gasteiger partial charge on any atom is -0.300 e. The van der Waals surface area contributed by atoms with Crippen LogP contribution in [-0.2, 0) is 7.05 Å². The number of nitrogens with zero attached hydrogens (tertiary/aromatic N) is 2. The second kappa shape index (κ2) is 4.63. The number of halogens is 1. The first-order valence-electron chi connectivity index (χ1n) is 5.93. The van der Waals surface area contributed by atoms with E-state index in [4.69, 9.17) is 0 Å². The Hall–Kier alpha value is -1.94. The number of hydrogen-bond acceptors (Lipinski definition) is 1. The van der Waals surface area contributed by atoms with Gasteiger partial charge in [0.15, 0.2) is 12.4 Å². The molecule has 0 aliphatic rings. The highest BCUT2D eigenvalue weighted by atomic mass is 79.9. The van der Waals surface area contributed by atoms with Gasteiger partial charge in [0.05, 0.1) is 0 Å². The fourth-order valence-corrected chi connectivity index (χ4v) is 2.40. The van der Waals surface area contributed by atoms with Crippen molar-refractivity contribution in [3.05, 3.63) is 69.7 Å². The summed E-state index contributed by atoms with van der Waals surface area (Å²) in [5.74, 6) is 0. The quantitative estimate of drug-likeness (QED) is 0.634. The van der Waals surface area contributed by atoms with E-state index in [-0.39, 0.29) is 5.56 Å². The summed E-state index contributed by atoms with van der Waals surface area (Å²) < 4.78 is 4.56. The predicted molar refractivity (Wildman–Crippen MR) is 78.0 cm³/mol. The van der Waals surface area contributed by atoms with Crippen LogP contribution in [0.3, 0.4) is 0 Å². The first-order chi connectivity index (χ1) is 9.16. The highest BCUT2D eigenvalue weighted by Gasteiger charge is 2.13. The third-order valence-corrected chi connectivity index (χ3v) is 3.71. The zero-order valence-corrected chi connectivity index (χ0v) is 12.0. The molecule has 3 aromatic rings. The van der Waals surface area contributed by atoms with Gasteiger partial charge in [-0.2, -0.15) is 4.40 Å². The Morgan fingerprint density at radius 2 is 1.84 bits per heavy atom. The van der Waals surface area contributed by atoms with Gasteiger partial charge in [-0.25, -0.2) is 0 Å². The Labute approximate surface area is 118 Å². The summed E-state index contributed by atoms with van der Waals surface area (Å²) in [6.07, 6.45) is 3.86. The molecule has 3 nitrogen and oxygen atoms in total. The second-order valence-electron chi connectivity index (χ2n) is 4.38. The smallest absolute Gasteiger partial charge is 0.300 e. The van der Waals surface area contributed by atoms with E-state index in [0.29, 0.717) is 5.52 Å². The van der Waals surface area contributed by atoms with Crippen LogP contribution in [0.25, 0.3) is 16.8 Å². The number of rotatable bonds is 1. The van der Waals surface area contributed by atoms with Crippen molar-refractivity contribution in [1.29, 1.82) is 0 Å². The standard InChI is InChI=1S/C15H12BrN2O/c1-17-14(11-5-7-12(16)8-6-11)10-18-9-3-2-4-13(18)15(17)19/h2-10H,1H3/q+1. The molecule has 0 atom stereocenters. The molecule has 0 spiro atoms. The van der Waals surface area contributed by atoms with Gasteiger partial charge in [-0.1, -0.05) is 28.1 Å². The zero-order valence-electron chi connectivity index (χ0n) is 10.4. The molecule has 0 unspecified atom stereocenters. The summed E-state index contributed by atoms with van der Waals surface area (Å²) >= 11 is 3.42. The molecule has 2 aromatic heterocycles. The fraction of sp³-hybridized carbons (Fsp3) is 0.0667. The summed E-state index contributed by atoms with van der Waals surface area (Å²) in [7, 11) is 1.80. The Kier molecular flexibility index (Phi) is 2.95. The molecule has 4 heteroatoms. The number of fused-ring (bicyclic) bond motifs is 1. The molecule has 0 saturated carbocycles. The van der Waals surface area contributed by atoms with Crippen LogP contribution >= 0.6 is 15.9 Å². The second-order valence-corrected chi connectivity index (χ2v) is 5.29. The van der Waals surface area contributed by atoms with Gasteiger partial charge in [0.2, 0.25) is 0 Å². The third-order valence-electron chi connectivity index (χ3n) is 3.18. The van der Waals surface area contributed by atoms with E-state index in [1.807, 2.05) is 59.3 Å². The first kappa shape index (κ1) is 12.1. The molecular formula is C15H12BrN2O+. The van der Waals surface area contributed by atoms with Gasteiger partial charge in [0.25, 0.3) is 5.52 Å². The fourth-order valence-electron chi connectivity index (χ4n) is 2.14. The van der Waals surface area contributed by atoms with Crippen molar-refractivity contribution < 1.29 is 4.40 Å². The van der Waals surface area contributed by atoms with Crippen molar-refractivity contribution in [2.45, 2.75) is 0 Å². The predicted octanol–water partition coefficient (Wildman–Crippen LogP) is 2.55. The van der Waals surface area contributed by atoms with E-state index in [9.17, 15) is 4.79 Å². The van der Waals surface area contributed by atoms with Crippen molar-refractivity contribution >= 4 is 21.4 Å². The van der Waals surface area contributed by atoms with E-state index in [0.717, 1.165) is 15.7 Å². The van der Waals surface area contributed by atoms with Crippen molar-refractivity contribution in [2.75, 3.05) is 0 Å². The molecule has 0 fully saturated rings. The molecule has 0 N–H and O–H groups in total. The summed E-state index contributed by atoms with van der Waals surface area (Å²) in [5.41, 5.74) is 2.58. The Morgan fingerprint density at radius 3 is 2.58 bits per heavy atom. The van der Waals surface area contributed by atoms with Crippen LogP contribution in [0, 0.1) is 0 Å². The minimum atomic E-state index is 0.000943. The Balaban J connectivity index is 2.33. The summed E-state index contributed by atoms with van der Waals surface area (Å²) in [5, 5.41) is 0. The maximum Gasteiger partial charge on any atom is 0.323 e. The third kappa shape index (κ3) is 2.08. The molecule has 0 aliphatic heterocycles. The van der Waals surface area contributed by atoms with E-state index in [1.54, 1.807) is 11.6 Å². The normalized spacial score (nSPS) is 10.8. The number of pyridine rings is 1. The SMILES string of the molecule is Cn1c(-c2ccc(Br)cc2)c[n+]2ccccc2c1=O. The van der Waals surface area contributed by atoms with Crippen LogP contribution in [0.4, 0.5) is 0 Å². The number of aromatic nitrogens is 2. The minimum absolute atomic E-state index is 0.000943. The van der Waals surface area contributed by atoms with Gasteiger partial charge in [0.1, 0.15) is 5.69 Å². The molecule has 1 aromatic carbocycles. The Bertz CT molecular complexity index is 806. The molecule has 0 bridgehead atoms. The number of hydrogen-bond donors (Lipinski definition) is 0. The van der Waals surface area contributed by atoms with Crippen molar-refractivity contribution in [3.8, 4) is 11.3 Å². The van der Waals surface area contributed by atoms with Gasteiger partial charge in [0, 0.05) is 29.2 Å². The van der Waals surface area contributed by atoms with Crippen LogP contribution < -0.4 is 9.96 Å². The van der Waals surface area contributed by atoms with Crippen molar-refractivity contribution in [1.82, 2.24) is 4.57 Å². The van der Waals surface area contributed by atoms with Gasteiger partial charge in [-0.15, -0.1) is 0 Å². The zero-order chi connectivity index (χ0) is 13.4. The Morgan fingerprint density at radius 1 is 1.11 bits per heavy atom. The van der Waals surface area contributed by atoms with E-state index < -0.39 is 0 Å². The highest BCUT2D eigenvalue weighted by Crippen LogP contribution is 2.19. The molecule has 0 amide bonds. The van der Waals surface area contributed by atoms with Gasteiger partial charge >= 0.3 is 5.56 Å². The van der Waals surface area contributed by atoms with Crippen LogP contribution in [0.2, 0.25) is 0 Å². The molecule has 2 heterocycles. The maximum absolute atomic E-state index is 12.3. The van der Waals surface area contributed by atoms with Crippen LogP contribution in [0.1, 0.15) is 0 Å². The molecular weight excluding hydrogens is 304 g/mol.